The Morgan fingerprint density at radius 3 is 2.90 bits per heavy atom. The molecular weight excluding hydrogens is 273 g/mol. The van der Waals surface area contributed by atoms with E-state index in [1.165, 1.54) is 19.2 Å². The Balaban J connectivity index is 1.83. The molecule has 0 aliphatic carbocycles. The van der Waals surface area contributed by atoms with Gasteiger partial charge in [0.2, 0.25) is 0 Å². The molecule has 0 unspecified atom stereocenters. The number of nitrogens with one attached hydrogen (secondary N) is 2. The second-order valence-corrected chi connectivity index (χ2v) is 4.48. The molecule has 0 aliphatic heterocycles. The van der Waals surface area contributed by atoms with Gasteiger partial charge in [-0.15, -0.1) is 0 Å². The minimum Gasteiger partial charge on any atom is -0.494 e. The number of methoxy groups -OCH3 is 1. The monoisotopic (exact) mass is 285 g/mol. The summed E-state index contributed by atoms with van der Waals surface area (Å²) in [6.45, 7) is 0. The summed E-state index contributed by atoms with van der Waals surface area (Å²) in [4.78, 5) is 12.1. The van der Waals surface area contributed by atoms with E-state index < -0.39 is 5.82 Å². The average molecular weight is 285 g/mol. The van der Waals surface area contributed by atoms with E-state index in [4.69, 9.17) is 4.74 Å². The smallest absolute Gasteiger partial charge is 0.255 e. The second-order valence-electron chi connectivity index (χ2n) is 4.48. The van der Waals surface area contributed by atoms with Gasteiger partial charge in [0, 0.05) is 22.7 Å². The van der Waals surface area contributed by atoms with Crippen molar-refractivity contribution < 1.29 is 13.9 Å². The number of aromatic amines is 1. The number of rotatable bonds is 3. The van der Waals surface area contributed by atoms with Crippen LogP contribution in [-0.4, -0.2) is 23.2 Å². The Morgan fingerprint density at radius 1 is 1.29 bits per heavy atom. The highest BCUT2D eigenvalue weighted by Gasteiger charge is 2.09. The highest BCUT2D eigenvalue weighted by atomic mass is 19.1. The van der Waals surface area contributed by atoms with Crippen LogP contribution in [0.2, 0.25) is 0 Å². The summed E-state index contributed by atoms with van der Waals surface area (Å²) in [5.41, 5.74) is 1.59. The fourth-order valence-electron chi connectivity index (χ4n) is 2.03. The van der Waals surface area contributed by atoms with Crippen LogP contribution in [0.4, 0.5) is 10.1 Å². The van der Waals surface area contributed by atoms with Crippen LogP contribution in [-0.2, 0) is 0 Å². The lowest BCUT2D eigenvalue weighted by Gasteiger charge is -2.07. The lowest BCUT2D eigenvalue weighted by molar-refractivity contribution is 0.102. The summed E-state index contributed by atoms with van der Waals surface area (Å²) in [7, 11) is 1.39. The van der Waals surface area contributed by atoms with E-state index in [0.717, 1.165) is 10.9 Å². The average Bonchev–Trinajstić information content (AvgIpc) is 2.94. The predicted octanol–water partition coefficient (Wildman–Crippen LogP) is 2.96. The Hall–Kier alpha value is -2.89. The van der Waals surface area contributed by atoms with Gasteiger partial charge in [0.05, 0.1) is 18.8 Å². The van der Waals surface area contributed by atoms with Crippen LogP contribution in [0.3, 0.4) is 0 Å². The summed E-state index contributed by atoms with van der Waals surface area (Å²) in [5.74, 6) is -0.720. The van der Waals surface area contributed by atoms with Crippen LogP contribution < -0.4 is 10.1 Å². The van der Waals surface area contributed by atoms with E-state index in [-0.39, 0.29) is 11.7 Å². The first-order valence-corrected chi connectivity index (χ1v) is 6.25. The number of hydrogen-bond acceptors (Lipinski definition) is 3. The van der Waals surface area contributed by atoms with Crippen LogP contribution in [0.1, 0.15) is 10.4 Å². The predicted molar refractivity (Wildman–Crippen MR) is 77.0 cm³/mol. The largest absolute Gasteiger partial charge is 0.494 e. The molecule has 0 spiro atoms. The van der Waals surface area contributed by atoms with Crippen LogP contribution >= 0.6 is 0 Å². The third kappa shape index (κ3) is 2.55. The van der Waals surface area contributed by atoms with Gasteiger partial charge in [0.15, 0.2) is 11.6 Å². The minimum atomic E-state index is -0.528. The summed E-state index contributed by atoms with van der Waals surface area (Å²) in [6.07, 6.45) is 1.68. The van der Waals surface area contributed by atoms with Crippen molar-refractivity contribution in [3.8, 4) is 5.75 Å². The van der Waals surface area contributed by atoms with Gasteiger partial charge in [-0.05, 0) is 24.3 Å². The molecule has 1 aromatic heterocycles. The van der Waals surface area contributed by atoms with Gasteiger partial charge in [-0.3, -0.25) is 9.89 Å². The third-order valence-electron chi connectivity index (χ3n) is 3.11. The lowest BCUT2D eigenvalue weighted by Crippen LogP contribution is -2.12. The van der Waals surface area contributed by atoms with E-state index in [9.17, 15) is 9.18 Å². The maximum absolute atomic E-state index is 13.6. The van der Waals surface area contributed by atoms with Gasteiger partial charge in [0.1, 0.15) is 0 Å². The topological polar surface area (TPSA) is 67.0 Å². The molecule has 5 nitrogen and oxygen atoms in total. The zero-order chi connectivity index (χ0) is 14.8. The molecule has 6 heteroatoms. The number of aromatic nitrogens is 2. The molecule has 1 heterocycles. The highest BCUT2D eigenvalue weighted by molar-refractivity contribution is 6.06. The molecule has 0 saturated heterocycles. The molecule has 21 heavy (non-hydrogen) atoms. The number of hydrogen-bond donors (Lipinski definition) is 2. The van der Waals surface area contributed by atoms with Crippen LogP contribution in [0, 0.1) is 5.82 Å². The molecule has 2 N–H and O–H groups in total. The maximum atomic E-state index is 13.6. The van der Waals surface area contributed by atoms with Crippen LogP contribution in [0.25, 0.3) is 10.9 Å². The standard InChI is InChI=1S/C15H12FN3O2/c1-21-14-5-4-11(7-12(14)16)18-15(20)9-2-3-10-8-17-19-13(10)6-9/h2-8H,1H3,(H,17,19)(H,18,20). The number of fused-ring (bicyclic) bond motifs is 1. The lowest BCUT2D eigenvalue weighted by atomic mass is 10.1. The van der Waals surface area contributed by atoms with Crippen molar-refractivity contribution in [3.63, 3.8) is 0 Å². The number of carbonyl (C=O) groups excluding carboxylic acids is 1. The molecule has 0 aliphatic rings. The summed E-state index contributed by atoms with van der Waals surface area (Å²) in [6, 6.07) is 9.43. The Morgan fingerprint density at radius 2 is 2.14 bits per heavy atom. The number of anilines is 1. The number of H-pyrrole nitrogens is 1. The van der Waals surface area contributed by atoms with E-state index in [2.05, 4.69) is 15.5 Å². The first-order valence-electron chi connectivity index (χ1n) is 6.25. The molecule has 3 aromatic rings. The first-order chi connectivity index (χ1) is 10.2. The van der Waals surface area contributed by atoms with Crippen molar-refractivity contribution >= 4 is 22.5 Å². The molecule has 0 bridgehead atoms. The van der Waals surface area contributed by atoms with Crippen molar-refractivity contribution in [2.45, 2.75) is 0 Å². The normalized spacial score (nSPS) is 10.6. The SMILES string of the molecule is COc1ccc(NC(=O)c2ccc3cn[nH]c3c2)cc1F. The van der Waals surface area contributed by atoms with E-state index in [1.807, 2.05) is 0 Å². The minimum absolute atomic E-state index is 0.131. The van der Waals surface area contributed by atoms with Gasteiger partial charge in [-0.25, -0.2) is 4.39 Å². The summed E-state index contributed by atoms with van der Waals surface area (Å²) < 4.78 is 18.4. The first kappa shape index (κ1) is 13.1. The number of amides is 1. The molecule has 106 valence electrons. The Labute approximate surface area is 119 Å². The molecule has 0 saturated carbocycles. The molecule has 2 aromatic carbocycles. The van der Waals surface area contributed by atoms with Crippen LogP contribution in [0.5, 0.6) is 5.75 Å². The molecule has 0 fully saturated rings. The van der Waals surface area contributed by atoms with Crippen molar-refractivity contribution in [2.24, 2.45) is 0 Å². The van der Waals surface area contributed by atoms with E-state index >= 15 is 0 Å². The molecule has 1 amide bonds. The summed E-state index contributed by atoms with van der Waals surface area (Å²) in [5, 5.41) is 10.2. The maximum Gasteiger partial charge on any atom is 0.255 e. The third-order valence-corrected chi connectivity index (χ3v) is 3.11. The number of nitrogens with zero attached hydrogens (tertiary/aromatic N) is 1. The van der Waals surface area contributed by atoms with Crippen molar-refractivity contribution in [1.82, 2.24) is 10.2 Å². The number of halogens is 1. The molecular formula is C15H12FN3O2. The molecule has 0 atom stereocenters. The highest BCUT2D eigenvalue weighted by Crippen LogP contribution is 2.21. The number of ether oxygens (including phenoxy) is 1. The van der Waals surface area contributed by atoms with Gasteiger partial charge in [-0.2, -0.15) is 5.10 Å². The van der Waals surface area contributed by atoms with Crippen molar-refractivity contribution in [1.29, 1.82) is 0 Å². The van der Waals surface area contributed by atoms with Gasteiger partial charge < -0.3 is 10.1 Å². The fraction of sp³-hybridized carbons (Fsp3) is 0.0667. The number of benzene rings is 2. The van der Waals surface area contributed by atoms with Crippen molar-refractivity contribution in [2.75, 3.05) is 12.4 Å². The zero-order valence-corrected chi connectivity index (χ0v) is 11.2. The molecule has 3 rings (SSSR count). The van der Waals surface area contributed by atoms with Crippen molar-refractivity contribution in [3.05, 3.63) is 54.0 Å². The van der Waals surface area contributed by atoms with E-state index in [1.54, 1.807) is 30.5 Å². The summed E-state index contributed by atoms with van der Waals surface area (Å²) >= 11 is 0. The Bertz CT molecular complexity index is 814. The van der Waals surface area contributed by atoms with Gasteiger partial charge >= 0.3 is 0 Å². The Kier molecular flexibility index (Phi) is 3.27. The van der Waals surface area contributed by atoms with Gasteiger partial charge in [-0.1, -0.05) is 6.07 Å². The fourth-order valence-corrected chi connectivity index (χ4v) is 2.03. The second kappa shape index (κ2) is 5.24. The quantitative estimate of drug-likeness (QED) is 0.777. The van der Waals surface area contributed by atoms with E-state index in [0.29, 0.717) is 11.3 Å². The number of carbonyl (C=O) groups is 1. The molecule has 0 radical (unpaired) electrons. The zero-order valence-electron chi connectivity index (χ0n) is 11.2. The van der Waals surface area contributed by atoms with Gasteiger partial charge in [0.25, 0.3) is 5.91 Å². The van der Waals surface area contributed by atoms with Crippen LogP contribution in [0.15, 0.2) is 42.6 Å².